The molecule has 0 heterocycles. The maximum Gasteiger partial charge on any atom is 0.251 e. The second-order valence-electron chi connectivity index (χ2n) is 8.42. The van der Waals surface area contributed by atoms with Crippen LogP contribution in [0.2, 0.25) is 0 Å². The van der Waals surface area contributed by atoms with E-state index < -0.39 is 0 Å². The Balaban J connectivity index is 1.51. The second-order valence-corrected chi connectivity index (χ2v) is 8.42. The first kappa shape index (κ1) is 21.6. The fourth-order valence-corrected chi connectivity index (χ4v) is 3.25. The van der Waals surface area contributed by atoms with Crippen molar-refractivity contribution in [2.45, 2.75) is 40.2 Å². The molecule has 2 aromatic carbocycles. The smallest absolute Gasteiger partial charge is 0.251 e. The van der Waals surface area contributed by atoms with Gasteiger partial charge in [0.1, 0.15) is 0 Å². The van der Waals surface area contributed by atoms with E-state index >= 15 is 0 Å². The van der Waals surface area contributed by atoms with Gasteiger partial charge in [0.05, 0.1) is 0 Å². The summed E-state index contributed by atoms with van der Waals surface area (Å²) in [5, 5.41) is 8.65. The zero-order valence-corrected chi connectivity index (χ0v) is 17.7. The quantitative estimate of drug-likeness (QED) is 0.613. The molecule has 0 spiro atoms. The predicted octanol–water partition coefficient (Wildman–Crippen LogP) is 4.20. The van der Waals surface area contributed by atoms with Gasteiger partial charge in [-0.3, -0.25) is 14.4 Å². The highest BCUT2D eigenvalue weighted by atomic mass is 16.2. The van der Waals surface area contributed by atoms with Crippen molar-refractivity contribution >= 4 is 29.1 Å². The third kappa shape index (κ3) is 6.17. The van der Waals surface area contributed by atoms with Crippen molar-refractivity contribution in [2.24, 2.45) is 17.8 Å². The van der Waals surface area contributed by atoms with E-state index in [1.165, 1.54) is 0 Å². The van der Waals surface area contributed by atoms with Gasteiger partial charge in [-0.25, -0.2) is 0 Å². The number of carbonyl (C=O) groups excluding carboxylic acids is 3. The largest absolute Gasteiger partial charge is 0.348 e. The van der Waals surface area contributed by atoms with Gasteiger partial charge in [0.2, 0.25) is 11.8 Å². The topological polar surface area (TPSA) is 87.3 Å². The minimum Gasteiger partial charge on any atom is -0.348 e. The van der Waals surface area contributed by atoms with Crippen LogP contribution in [0.4, 0.5) is 11.4 Å². The molecule has 3 N–H and O–H groups in total. The molecular weight excluding hydrogens is 378 g/mol. The van der Waals surface area contributed by atoms with Gasteiger partial charge < -0.3 is 16.0 Å². The van der Waals surface area contributed by atoms with Crippen LogP contribution in [-0.4, -0.2) is 17.7 Å². The highest BCUT2D eigenvalue weighted by Crippen LogP contribution is 2.38. The molecule has 2 unspecified atom stereocenters. The molecule has 0 aromatic heterocycles. The van der Waals surface area contributed by atoms with Crippen molar-refractivity contribution in [1.29, 1.82) is 0 Å². The molecule has 0 saturated heterocycles. The van der Waals surface area contributed by atoms with E-state index in [0.29, 0.717) is 36.1 Å². The van der Waals surface area contributed by atoms with Crippen LogP contribution >= 0.6 is 0 Å². The summed E-state index contributed by atoms with van der Waals surface area (Å²) in [5.41, 5.74) is 2.83. The summed E-state index contributed by atoms with van der Waals surface area (Å²) in [6.45, 7) is 6.41. The van der Waals surface area contributed by atoms with E-state index in [-0.39, 0.29) is 23.6 Å². The maximum absolute atomic E-state index is 12.4. The van der Waals surface area contributed by atoms with Gasteiger partial charge in [-0.05, 0) is 60.2 Å². The number of carbonyl (C=O) groups is 3. The summed E-state index contributed by atoms with van der Waals surface area (Å²) in [5.74, 6) is 0.688. The Morgan fingerprint density at radius 3 is 2.33 bits per heavy atom. The molecule has 1 aliphatic carbocycles. The molecule has 3 amide bonds. The number of hydrogen-bond acceptors (Lipinski definition) is 3. The van der Waals surface area contributed by atoms with Gasteiger partial charge in [-0.1, -0.05) is 32.9 Å². The van der Waals surface area contributed by atoms with E-state index in [0.717, 1.165) is 17.7 Å². The highest BCUT2D eigenvalue weighted by molar-refractivity contribution is 5.97. The minimum absolute atomic E-state index is 0.0190. The van der Waals surface area contributed by atoms with Crippen LogP contribution < -0.4 is 16.0 Å². The van der Waals surface area contributed by atoms with Gasteiger partial charge >= 0.3 is 0 Å². The summed E-state index contributed by atoms with van der Waals surface area (Å²) in [6, 6.07) is 14.3. The Labute approximate surface area is 177 Å². The average molecular weight is 408 g/mol. The molecule has 6 nitrogen and oxygen atoms in total. The molecule has 2 aromatic rings. The Kier molecular flexibility index (Phi) is 6.87. The number of anilines is 2. The lowest BCUT2D eigenvalue weighted by atomic mass is 10.1. The first-order chi connectivity index (χ1) is 14.3. The van der Waals surface area contributed by atoms with E-state index in [9.17, 15) is 14.4 Å². The Bertz CT molecular complexity index is 922. The number of rotatable bonds is 8. The van der Waals surface area contributed by atoms with Crippen molar-refractivity contribution in [3.05, 3.63) is 59.7 Å². The summed E-state index contributed by atoms with van der Waals surface area (Å²) >= 11 is 0. The summed E-state index contributed by atoms with van der Waals surface area (Å²) in [7, 11) is 0. The molecule has 0 radical (unpaired) electrons. The lowest BCUT2D eigenvalue weighted by molar-refractivity contribution is -0.118. The number of nitrogens with one attached hydrogen (secondary N) is 3. The summed E-state index contributed by atoms with van der Waals surface area (Å²) in [6.07, 6.45) is 1.41. The van der Waals surface area contributed by atoms with Crippen molar-refractivity contribution in [1.82, 2.24) is 5.32 Å². The monoisotopic (exact) mass is 407 g/mol. The van der Waals surface area contributed by atoms with Crippen LogP contribution in [0.3, 0.4) is 0 Å². The van der Waals surface area contributed by atoms with Gasteiger partial charge in [-0.2, -0.15) is 0 Å². The van der Waals surface area contributed by atoms with Crippen LogP contribution in [0.1, 0.15) is 49.5 Å². The van der Waals surface area contributed by atoms with Crippen molar-refractivity contribution in [3.63, 3.8) is 0 Å². The van der Waals surface area contributed by atoms with Gasteiger partial charge in [0.15, 0.2) is 0 Å². The van der Waals surface area contributed by atoms with Crippen molar-refractivity contribution in [3.8, 4) is 0 Å². The fraction of sp³-hybridized carbons (Fsp3) is 0.375. The fourth-order valence-electron chi connectivity index (χ4n) is 3.25. The molecule has 0 bridgehead atoms. The standard InChI is InChI=1S/C24H29N3O3/c1-15(2)11-22(28)26-20-6-4-5-17(13-20)14-25-23(29)18-7-9-19(10-8-18)27-24(30)21-12-16(21)3/h4-10,13,15-16,21H,11-12,14H2,1-3H3,(H,25,29)(H,26,28)(H,27,30). The van der Waals surface area contributed by atoms with Gasteiger partial charge in [0.25, 0.3) is 5.91 Å². The number of hydrogen-bond donors (Lipinski definition) is 3. The SMILES string of the molecule is CC(C)CC(=O)Nc1cccc(CNC(=O)c2ccc(NC(=O)C3CC3C)cc2)c1. The average Bonchev–Trinajstić information content (AvgIpc) is 3.43. The molecular formula is C24H29N3O3. The van der Waals surface area contributed by atoms with Gasteiger partial charge in [-0.15, -0.1) is 0 Å². The normalized spacial score (nSPS) is 17.3. The molecule has 2 atom stereocenters. The Hall–Kier alpha value is -3.15. The highest BCUT2D eigenvalue weighted by Gasteiger charge is 2.39. The number of amides is 3. The minimum atomic E-state index is -0.196. The summed E-state index contributed by atoms with van der Waals surface area (Å²) < 4.78 is 0. The first-order valence-corrected chi connectivity index (χ1v) is 10.4. The van der Waals surface area contributed by atoms with E-state index in [2.05, 4.69) is 22.9 Å². The molecule has 1 fully saturated rings. The Morgan fingerprint density at radius 1 is 1.00 bits per heavy atom. The lowest BCUT2D eigenvalue weighted by Gasteiger charge is -2.10. The lowest BCUT2D eigenvalue weighted by Crippen LogP contribution is -2.23. The molecule has 6 heteroatoms. The van der Waals surface area contributed by atoms with E-state index in [1.807, 2.05) is 38.1 Å². The molecule has 158 valence electrons. The molecule has 0 aliphatic heterocycles. The van der Waals surface area contributed by atoms with Crippen LogP contribution in [-0.2, 0) is 16.1 Å². The molecule has 1 saturated carbocycles. The van der Waals surface area contributed by atoms with Crippen LogP contribution in [0.15, 0.2) is 48.5 Å². The third-order valence-electron chi connectivity index (χ3n) is 5.12. The summed E-state index contributed by atoms with van der Waals surface area (Å²) in [4.78, 5) is 36.4. The molecule has 1 aliphatic rings. The van der Waals surface area contributed by atoms with E-state index in [1.54, 1.807) is 24.3 Å². The van der Waals surface area contributed by atoms with E-state index in [4.69, 9.17) is 0 Å². The number of benzene rings is 2. The second kappa shape index (κ2) is 9.57. The van der Waals surface area contributed by atoms with Crippen molar-refractivity contribution in [2.75, 3.05) is 10.6 Å². The van der Waals surface area contributed by atoms with Gasteiger partial charge in [0, 0.05) is 35.8 Å². The van der Waals surface area contributed by atoms with Crippen LogP contribution in [0.5, 0.6) is 0 Å². The molecule has 3 rings (SSSR count). The van der Waals surface area contributed by atoms with Crippen molar-refractivity contribution < 1.29 is 14.4 Å². The Morgan fingerprint density at radius 2 is 1.70 bits per heavy atom. The third-order valence-corrected chi connectivity index (χ3v) is 5.12. The maximum atomic E-state index is 12.4. The zero-order valence-electron chi connectivity index (χ0n) is 17.7. The first-order valence-electron chi connectivity index (χ1n) is 10.4. The predicted molar refractivity (Wildman–Crippen MR) is 118 cm³/mol. The van der Waals surface area contributed by atoms with Crippen LogP contribution in [0.25, 0.3) is 0 Å². The molecule has 30 heavy (non-hydrogen) atoms. The van der Waals surface area contributed by atoms with Crippen LogP contribution in [0, 0.1) is 17.8 Å². The zero-order chi connectivity index (χ0) is 21.7.